The molecule has 25 heavy (non-hydrogen) atoms. The summed E-state index contributed by atoms with van der Waals surface area (Å²) in [6.45, 7) is 2.08. The van der Waals surface area contributed by atoms with E-state index in [1.807, 2.05) is 0 Å². The second kappa shape index (κ2) is 8.00. The second-order valence-electron chi connectivity index (χ2n) is 4.83. The molecule has 0 fully saturated rings. The van der Waals surface area contributed by atoms with Crippen molar-refractivity contribution in [2.24, 2.45) is 0 Å². The molecule has 0 amide bonds. The van der Waals surface area contributed by atoms with Gasteiger partial charge in [-0.15, -0.1) is 0 Å². The van der Waals surface area contributed by atoms with E-state index in [0.29, 0.717) is 12.2 Å². The molecular weight excluding hydrogens is 368 g/mol. The largest absolute Gasteiger partial charge is 0.503 e. The number of hydrogen-bond acceptors (Lipinski definition) is 6. The molecule has 0 saturated heterocycles. The first-order valence-electron chi connectivity index (χ1n) is 7.15. The van der Waals surface area contributed by atoms with E-state index in [0.717, 1.165) is 0 Å². The number of phenols is 1. The number of phenolic OH excluding ortho intramolecular Hbond substituents is 1. The summed E-state index contributed by atoms with van der Waals surface area (Å²) in [6.07, 6.45) is 1.44. The lowest BCUT2D eigenvalue weighted by Crippen LogP contribution is -2.12. The van der Waals surface area contributed by atoms with Crippen molar-refractivity contribution in [3.63, 3.8) is 0 Å². The molecule has 0 saturated carbocycles. The van der Waals surface area contributed by atoms with Gasteiger partial charge in [0.1, 0.15) is 0 Å². The molecule has 0 spiro atoms. The highest BCUT2D eigenvalue weighted by Gasteiger charge is 2.16. The highest BCUT2D eigenvalue weighted by Crippen LogP contribution is 2.36. The SMILES string of the molecule is CCOc1cc(/C=C(\C(=O)OC)c2cc(=O)[nH]c(=S)[nH]2)cc(Cl)c1O. The average Bonchev–Trinajstić information content (AvgIpc) is 2.55. The van der Waals surface area contributed by atoms with E-state index in [-0.39, 0.29) is 32.6 Å². The number of ether oxygens (including phenoxy) is 2. The molecule has 3 N–H and O–H groups in total. The lowest BCUT2D eigenvalue weighted by atomic mass is 10.1. The lowest BCUT2D eigenvalue weighted by Gasteiger charge is -2.10. The molecule has 1 heterocycles. The van der Waals surface area contributed by atoms with E-state index < -0.39 is 11.5 Å². The summed E-state index contributed by atoms with van der Waals surface area (Å²) >= 11 is 10.9. The Hall–Kier alpha value is -2.58. The van der Waals surface area contributed by atoms with Crippen molar-refractivity contribution in [1.29, 1.82) is 0 Å². The predicted octanol–water partition coefficient (Wildman–Crippen LogP) is 2.90. The van der Waals surface area contributed by atoms with Crippen LogP contribution in [0, 0.1) is 4.77 Å². The minimum Gasteiger partial charge on any atom is -0.503 e. The first-order valence-corrected chi connectivity index (χ1v) is 7.93. The fraction of sp³-hybridized carbons (Fsp3) is 0.188. The molecule has 2 aromatic rings. The topological polar surface area (TPSA) is 104 Å². The Labute approximate surface area is 152 Å². The van der Waals surface area contributed by atoms with Crippen LogP contribution in [-0.2, 0) is 9.53 Å². The summed E-state index contributed by atoms with van der Waals surface area (Å²) in [6, 6.07) is 4.14. The number of nitrogens with one attached hydrogen (secondary N) is 2. The van der Waals surface area contributed by atoms with Crippen LogP contribution in [0.4, 0.5) is 0 Å². The first kappa shape index (κ1) is 18.8. The van der Waals surface area contributed by atoms with Crippen LogP contribution in [0.3, 0.4) is 0 Å². The Kier molecular flexibility index (Phi) is 6.00. The van der Waals surface area contributed by atoms with Gasteiger partial charge in [0.2, 0.25) is 0 Å². The van der Waals surface area contributed by atoms with Gasteiger partial charge >= 0.3 is 5.97 Å². The molecule has 0 unspecified atom stereocenters. The number of rotatable bonds is 5. The highest BCUT2D eigenvalue weighted by molar-refractivity contribution is 7.71. The van der Waals surface area contributed by atoms with E-state index in [1.54, 1.807) is 6.92 Å². The van der Waals surface area contributed by atoms with Crippen molar-refractivity contribution in [3.05, 3.63) is 49.6 Å². The van der Waals surface area contributed by atoms with Crippen LogP contribution in [0.1, 0.15) is 18.2 Å². The summed E-state index contributed by atoms with van der Waals surface area (Å²) in [5.41, 5.74) is 0.241. The van der Waals surface area contributed by atoms with E-state index in [4.69, 9.17) is 33.3 Å². The van der Waals surface area contributed by atoms with Crippen LogP contribution >= 0.6 is 23.8 Å². The van der Waals surface area contributed by atoms with Crippen molar-refractivity contribution < 1.29 is 19.4 Å². The number of carbonyl (C=O) groups is 1. The van der Waals surface area contributed by atoms with Gasteiger partial charge in [-0.3, -0.25) is 9.78 Å². The van der Waals surface area contributed by atoms with Crippen molar-refractivity contribution >= 4 is 41.4 Å². The zero-order chi connectivity index (χ0) is 18.6. The van der Waals surface area contributed by atoms with E-state index in [1.165, 1.54) is 31.4 Å². The molecule has 0 atom stereocenters. The van der Waals surface area contributed by atoms with Gasteiger partial charge in [0, 0.05) is 6.07 Å². The van der Waals surface area contributed by atoms with Crippen molar-refractivity contribution in [1.82, 2.24) is 9.97 Å². The van der Waals surface area contributed by atoms with Crippen LogP contribution in [-0.4, -0.2) is 34.8 Å². The minimum atomic E-state index is -0.682. The van der Waals surface area contributed by atoms with Crippen molar-refractivity contribution in [2.75, 3.05) is 13.7 Å². The van der Waals surface area contributed by atoms with Crippen LogP contribution < -0.4 is 10.3 Å². The van der Waals surface area contributed by atoms with Crippen LogP contribution in [0.15, 0.2) is 23.0 Å². The fourth-order valence-corrected chi connectivity index (χ4v) is 2.51. The maximum Gasteiger partial charge on any atom is 0.339 e. The Morgan fingerprint density at radius 1 is 1.36 bits per heavy atom. The average molecular weight is 383 g/mol. The molecule has 0 aliphatic carbocycles. The van der Waals surface area contributed by atoms with E-state index in [2.05, 4.69) is 9.97 Å². The number of hydrogen-bond donors (Lipinski definition) is 3. The number of carbonyl (C=O) groups excluding carboxylic acids is 1. The van der Waals surface area contributed by atoms with Gasteiger partial charge in [0.25, 0.3) is 5.56 Å². The molecule has 0 aliphatic heterocycles. The molecule has 9 heteroatoms. The Bertz CT molecular complexity index is 920. The lowest BCUT2D eigenvalue weighted by molar-refractivity contribution is -0.133. The molecule has 0 aliphatic rings. The summed E-state index contributed by atoms with van der Waals surface area (Å²) in [7, 11) is 1.22. The molecule has 1 aromatic heterocycles. The maximum atomic E-state index is 12.1. The fourth-order valence-electron chi connectivity index (χ4n) is 2.08. The van der Waals surface area contributed by atoms with Crippen molar-refractivity contribution in [3.8, 4) is 11.5 Å². The first-order chi connectivity index (χ1) is 11.8. The zero-order valence-corrected chi connectivity index (χ0v) is 15.0. The van der Waals surface area contributed by atoms with Crippen molar-refractivity contribution in [2.45, 2.75) is 6.92 Å². The van der Waals surface area contributed by atoms with Crippen LogP contribution in [0.25, 0.3) is 11.6 Å². The number of aromatic hydroxyl groups is 1. The van der Waals surface area contributed by atoms with Gasteiger partial charge in [-0.05, 0) is 42.9 Å². The van der Waals surface area contributed by atoms with E-state index >= 15 is 0 Å². The molecule has 7 nitrogen and oxygen atoms in total. The predicted molar refractivity (Wildman–Crippen MR) is 96.4 cm³/mol. The zero-order valence-electron chi connectivity index (χ0n) is 13.4. The number of H-pyrrole nitrogens is 2. The Balaban J connectivity index is 2.64. The van der Waals surface area contributed by atoms with Crippen LogP contribution in [0.2, 0.25) is 5.02 Å². The summed E-state index contributed by atoms with van der Waals surface area (Å²) in [5.74, 6) is -0.710. The third-order valence-corrected chi connectivity index (χ3v) is 3.61. The summed E-state index contributed by atoms with van der Waals surface area (Å²) in [5, 5.41) is 9.95. The third kappa shape index (κ3) is 4.49. The van der Waals surface area contributed by atoms with Gasteiger partial charge in [-0.2, -0.15) is 0 Å². The minimum absolute atomic E-state index is 0.0558. The second-order valence-corrected chi connectivity index (χ2v) is 5.65. The smallest absolute Gasteiger partial charge is 0.339 e. The summed E-state index contributed by atoms with van der Waals surface area (Å²) in [4.78, 5) is 28.9. The highest BCUT2D eigenvalue weighted by atomic mass is 35.5. The van der Waals surface area contributed by atoms with Gasteiger partial charge in [0.05, 0.1) is 30.0 Å². The Morgan fingerprint density at radius 2 is 2.08 bits per heavy atom. The van der Waals surface area contributed by atoms with Gasteiger partial charge in [0.15, 0.2) is 16.3 Å². The van der Waals surface area contributed by atoms with E-state index in [9.17, 15) is 14.7 Å². The molecule has 2 rings (SSSR count). The van der Waals surface area contributed by atoms with Gasteiger partial charge in [-0.1, -0.05) is 11.6 Å². The number of esters is 1. The van der Waals surface area contributed by atoms with Gasteiger partial charge in [-0.25, -0.2) is 4.79 Å². The number of aromatic amines is 2. The van der Waals surface area contributed by atoms with Gasteiger partial charge < -0.3 is 19.6 Å². The number of halogens is 1. The maximum absolute atomic E-state index is 12.1. The Morgan fingerprint density at radius 3 is 2.68 bits per heavy atom. The normalized spacial score (nSPS) is 11.2. The molecule has 1 aromatic carbocycles. The number of methoxy groups -OCH3 is 1. The summed E-state index contributed by atoms with van der Waals surface area (Å²) < 4.78 is 10.1. The standard InChI is InChI=1S/C16H15ClN2O5S/c1-3-24-12-6-8(5-10(17)14(12)21)4-9(15(22)23-2)11-7-13(20)19-16(25)18-11/h4-7,21H,3H2,1-2H3,(H2,18,19,20,25)/b9-4-. The molecular formula is C16H15ClN2O5S. The monoisotopic (exact) mass is 382 g/mol. The van der Waals surface area contributed by atoms with Crippen LogP contribution in [0.5, 0.6) is 11.5 Å². The molecule has 0 radical (unpaired) electrons. The molecule has 0 bridgehead atoms. The molecule has 132 valence electrons. The quantitative estimate of drug-likeness (QED) is 0.417. The number of aromatic nitrogens is 2. The number of benzene rings is 1. The third-order valence-electron chi connectivity index (χ3n) is 3.12.